The third kappa shape index (κ3) is 3.94. The number of rotatable bonds is 6. The number of para-hydroxylation sites is 2. The Balaban J connectivity index is 1.70. The molecular weight excluding hydrogens is 346 g/mol. The fourth-order valence-electron chi connectivity index (χ4n) is 2.73. The molecule has 0 atom stereocenters. The van der Waals surface area contributed by atoms with Gasteiger partial charge in [0.2, 0.25) is 11.1 Å². The van der Waals surface area contributed by atoms with Gasteiger partial charge in [-0.2, -0.15) is 4.68 Å². The standard InChI is InChI=1S/C19H21N5OS/c1-4-15-10-7-9-14(3)18(15)20-17(25)12-26-19-21-22-23-24(19)16-11-6-5-8-13(16)2/h5-11H,4,12H2,1-3H3,(H,20,25). The number of aromatic nitrogens is 4. The second kappa shape index (κ2) is 8.14. The van der Waals surface area contributed by atoms with Gasteiger partial charge in [0, 0.05) is 5.69 Å². The van der Waals surface area contributed by atoms with E-state index >= 15 is 0 Å². The van der Waals surface area contributed by atoms with E-state index in [1.807, 2.05) is 56.3 Å². The van der Waals surface area contributed by atoms with Crippen molar-refractivity contribution in [1.82, 2.24) is 20.2 Å². The van der Waals surface area contributed by atoms with Crippen LogP contribution in [0.25, 0.3) is 5.69 Å². The molecule has 0 unspecified atom stereocenters. The van der Waals surface area contributed by atoms with Gasteiger partial charge in [0.25, 0.3) is 0 Å². The van der Waals surface area contributed by atoms with Gasteiger partial charge in [-0.3, -0.25) is 4.79 Å². The summed E-state index contributed by atoms with van der Waals surface area (Å²) in [5, 5.41) is 15.5. The number of nitrogens with zero attached hydrogens (tertiary/aromatic N) is 4. The van der Waals surface area contributed by atoms with Gasteiger partial charge in [-0.05, 0) is 53.5 Å². The number of tetrazole rings is 1. The van der Waals surface area contributed by atoms with Gasteiger partial charge < -0.3 is 5.32 Å². The van der Waals surface area contributed by atoms with Crippen LogP contribution in [0.5, 0.6) is 0 Å². The van der Waals surface area contributed by atoms with Crippen LogP contribution < -0.4 is 5.32 Å². The summed E-state index contributed by atoms with van der Waals surface area (Å²) < 4.78 is 1.67. The van der Waals surface area contributed by atoms with Crippen LogP contribution in [0.1, 0.15) is 23.6 Å². The topological polar surface area (TPSA) is 72.7 Å². The minimum atomic E-state index is -0.0710. The minimum absolute atomic E-state index is 0.0710. The molecule has 1 heterocycles. The number of carbonyl (C=O) groups excluding carboxylic acids is 1. The molecule has 0 radical (unpaired) electrons. The Morgan fingerprint density at radius 1 is 1.12 bits per heavy atom. The van der Waals surface area contributed by atoms with Gasteiger partial charge in [-0.25, -0.2) is 0 Å². The zero-order valence-corrected chi connectivity index (χ0v) is 15.9. The lowest BCUT2D eigenvalue weighted by molar-refractivity contribution is -0.113. The summed E-state index contributed by atoms with van der Waals surface area (Å²) >= 11 is 1.32. The highest BCUT2D eigenvalue weighted by atomic mass is 32.2. The third-order valence-electron chi connectivity index (χ3n) is 4.12. The molecule has 1 amide bonds. The lowest BCUT2D eigenvalue weighted by atomic mass is 10.1. The summed E-state index contributed by atoms with van der Waals surface area (Å²) in [5.74, 6) is 0.169. The quantitative estimate of drug-likeness (QED) is 0.674. The molecule has 0 spiro atoms. The molecule has 1 N–H and O–H groups in total. The van der Waals surface area contributed by atoms with Crippen LogP contribution in [-0.4, -0.2) is 31.9 Å². The molecule has 1 aromatic heterocycles. The SMILES string of the molecule is CCc1cccc(C)c1NC(=O)CSc1nnnn1-c1ccccc1C. The van der Waals surface area contributed by atoms with Crippen molar-refractivity contribution in [1.29, 1.82) is 0 Å². The number of anilines is 1. The van der Waals surface area contributed by atoms with Crippen molar-refractivity contribution in [3.63, 3.8) is 0 Å². The molecule has 0 saturated carbocycles. The average Bonchev–Trinajstić information content (AvgIpc) is 3.10. The number of thioether (sulfide) groups is 1. The molecule has 0 fully saturated rings. The van der Waals surface area contributed by atoms with Crippen molar-refractivity contribution in [2.75, 3.05) is 11.1 Å². The van der Waals surface area contributed by atoms with Crippen molar-refractivity contribution >= 4 is 23.4 Å². The van der Waals surface area contributed by atoms with E-state index in [2.05, 4.69) is 27.8 Å². The summed E-state index contributed by atoms with van der Waals surface area (Å²) in [6.07, 6.45) is 0.871. The zero-order chi connectivity index (χ0) is 18.5. The first-order chi connectivity index (χ1) is 12.6. The van der Waals surface area contributed by atoms with Gasteiger partial charge in [0.15, 0.2) is 0 Å². The Morgan fingerprint density at radius 3 is 2.65 bits per heavy atom. The van der Waals surface area contributed by atoms with Crippen molar-refractivity contribution in [2.24, 2.45) is 0 Å². The maximum atomic E-state index is 12.4. The second-order valence-corrected chi connectivity index (χ2v) is 6.90. The van der Waals surface area contributed by atoms with E-state index in [-0.39, 0.29) is 11.7 Å². The van der Waals surface area contributed by atoms with E-state index in [0.717, 1.165) is 34.5 Å². The molecule has 2 aromatic carbocycles. The van der Waals surface area contributed by atoms with E-state index < -0.39 is 0 Å². The first kappa shape index (κ1) is 18.1. The molecule has 3 aromatic rings. The normalized spacial score (nSPS) is 10.7. The Kier molecular flexibility index (Phi) is 5.68. The second-order valence-electron chi connectivity index (χ2n) is 5.96. The number of benzene rings is 2. The van der Waals surface area contributed by atoms with Gasteiger partial charge in [-0.15, -0.1) is 5.10 Å². The Morgan fingerprint density at radius 2 is 1.88 bits per heavy atom. The molecule has 0 aliphatic rings. The largest absolute Gasteiger partial charge is 0.325 e. The number of nitrogens with one attached hydrogen (secondary N) is 1. The molecule has 26 heavy (non-hydrogen) atoms. The van der Waals surface area contributed by atoms with E-state index in [1.54, 1.807) is 4.68 Å². The van der Waals surface area contributed by atoms with Crippen LogP contribution in [0.15, 0.2) is 47.6 Å². The molecule has 0 aliphatic carbocycles. The maximum absolute atomic E-state index is 12.4. The number of amides is 1. The van der Waals surface area contributed by atoms with Gasteiger partial charge in [0.1, 0.15) is 0 Å². The van der Waals surface area contributed by atoms with E-state index in [0.29, 0.717) is 5.16 Å². The number of carbonyl (C=O) groups is 1. The molecular formula is C19H21N5OS. The molecule has 0 bridgehead atoms. The van der Waals surface area contributed by atoms with Crippen LogP contribution in [0.3, 0.4) is 0 Å². The van der Waals surface area contributed by atoms with E-state index in [1.165, 1.54) is 11.8 Å². The average molecular weight is 367 g/mol. The molecule has 0 saturated heterocycles. The van der Waals surface area contributed by atoms with Crippen molar-refractivity contribution in [3.8, 4) is 5.69 Å². The molecule has 6 nitrogen and oxygen atoms in total. The zero-order valence-electron chi connectivity index (χ0n) is 15.1. The summed E-state index contributed by atoms with van der Waals surface area (Å²) in [4.78, 5) is 12.4. The fraction of sp³-hybridized carbons (Fsp3) is 0.263. The summed E-state index contributed by atoms with van der Waals surface area (Å²) in [6.45, 7) is 6.08. The smallest absolute Gasteiger partial charge is 0.234 e. The predicted octanol–water partition coefficient (Wildman–Crippen LogP) is 3.57. The number of hydrogen-bond acceptors (Lipinski definition) is 5. The van der Waals surface area contributed by atoms with Crippen LogP contribution in [0.2, 0.25) is 0 Å². The number of hydrogen-bond donors (Lipinski definition) is 1. The molecule has 7 heteroatoms. The van der Waals surface area contributed by atoms with E-state index in [9.17, 15) is 4.79 Å². The van der Waals surface area contributed by atoms with E-state index in [4.69, 9.17) is 0 Å². The molecule has 134 valence electrons. The fourth-order valence-corrected chi connectivity index (χ4v) is 3.41. The van der Waals surface area contributed by atoms with Gasteiger partial charge in [-0.1, -0.05) is 55.1 Å². The molecule has 0 aliphatic heterocycles. The highest BCUT2D eigenvalue weighted by Gasteiger charge is 2.14. The lowest BCUT2D eigenvalue weighted by Crippen LogP contribution is -2.16. The lowest BCUT2D eigenvalue weighted by Gasteiger charge is -2.12. The monoisotopic (exact) mass is 367 g/mol. The molecule has 3 rings (SSSR count). The maximum Gasteiger partial charge on any atom is 0.234 e. The summed E-state index contributed by atoms with van der Waals surface area (Å²) in [5.41, 5.74) is 5.07. The van der Waals surface area contributed by atoms with Crippen molar-refractivity contribution in [2.45, 2.75) is 32.3 Å². The van der Waals surface area contributed by atoms with Crippen LogP contribution >= 0.6 is 11.8 Å². The summed E-state index contributed by atoms with van der Waals surface area (Å²) in [6, 6.07) is 13.9. The Bertz CT molecular complexity index is 922. The van der Waals surface area contributed by atoms with Crippen molar-refractivity contribution in [3.05, 3.63) is 59.2 Å². The first-order valence-electron chi connectivity index (χ1n) is 8.45. The first-order valence-corrected chi connectivity index (χ1v) is 9.44. The van der Waals surface area contributed by atoms with Crippen LogP contribution in [-0.2, 0) is 11.2 Å². The Hall–Kier alpha value is -2.67. The third-order valence-corrected chi connectivity index (χ3v) is 5.04. The Labute approximate surface area is 157 Å². The van der Waals surface area contributed by atoms with Crippen molar-refractivity contribution < 1.29 is 4.79 Å². The minimum Gasteiger partial charge on any atom is -0.325 e. The highest BCUT2D eigenvalue weighted by molar-refractivity contribution is 7.99. The highest BCUT2D eigenvalue weighted by Crippen LogP contribution is 2.23. The summed E-state index contributed by atoms with van der Waals surface area (Å²) in [7, 11) is 0. The van der Waals surface area contributed by atoms with Crippen LogP contribution in [0, 0.1) is 13.8 Å². The van der Waals surface area contributed by atoms with Crippen LogP contribution in [0.4, 0.5) is 5.69 Å². The predicted molar refractivity (Wildman–Crippen MR) is 104 cm³/mol. The van der Waals surface area contributed by atoms with Gasteiger partial charge >= 0.3 is 0 Å². The van der Waals surface area contributed by atoms with Gasteiger partial charge in [0.05, 0.1) is 11.4 Å². The number of aryl methyl sites for hydroxylation is 3.